The second-order valence-electron chi connectivity index (χ2n) is 8.33. The molecule has 0 bridgehead atoms. The van der Waals surface area contributed by atoms with Crippen LogP contribution in [0.2, 0.25) is 0 Å². The van der Waals surface area contributed by atoms with Gasteiger partial charge in [0, 0.05) is 25.6 Å². The summed E-state index contributed by atoms with van der Waals surface area (Å²) in [6.07, 6.45) is 10.0. The van der Waals surface area contributed by atoms with Crippen LogP contribution >= 0.6 is 0 Å². The highest BCUT2D eigenvalue weighted by molar-refractivity contribution is 7.89. The van der Waals surface area contributed by atoms with Crippen molar-refractivity contribution in [2.24, 2.45) is 11.8 Å². The first-order valence-electron chi connectivity index (χ1n) is 10.9. The Labute approximate surface area is 169 Å². The highest BCUT2D eigenvalue weighted by Gasteiger charge is 2.27. The number of carbonyl (C=O) groups excluding carboxylic acids is 1. The van der Waals surface area contributed by atoms with Crippen LogP contribution in [-0.2, 0) is 21.4 Å². The molecule has 1 saturated carbocycles. The molecule has 1 aliphatic carbocycles. The number of nitrogens with one attached hydrogen (secondary N) is 1. The van der Waals surface area contributed by atoms with Gasteiger partial charge in [0.2, 0.25) is 15.9 Å². The Hall–Kier alpha value is -1.40. The van der Waals surface area contributed by atoms with Crippen molar-refractivity contribution in [1.29, 1.82) is 0 Å². The number of amides is 1. The summed E-state index contributed by atoms with van der Waals surface area (Å²) in [5.41, 5.74) is 0.936. The van der Waals surface area contributed by atoms with Crippen molar-refractivity contribution in [1.82, 2.24) is 9.62 Å². The van der Waals surface area contributed by atoms with Gasteiger partial charge in [0.05, 0.1) is 4.90 Å². The molecule has 28 heavy (non-hydrogen) atoms. The molecule has 1 N–H and O–H groups in total. The van der Waals surface area contributed by atoms with E-state index in [9.17, 15) is 13.2 Å². The summed E-state index contributed by atoms with van der Waals surface area (Å²) >= 11 is 0. The van der Waals surface area contributed by atoms with Crippen molar-refractivity contribution in [3.05, 3.63) is 29.8 Å². The predicted molar refractivity (Wildman–Crippen MR) is 111 cm³/mol. The zero-order chi connectivity index (χ0) is 20.0. The highest BCUT2D eigenvalue weighted by atomic mass is 32.2. The summed E-state index contributed by atoms with van der Waals surface area (Å²) < 4.78 is 26.7. The molecular formula is C22H34N2O3S. The minimum Gasteiger partial charge on any atom is -0.352 e. The van der Waals surface area contributed by atoms with Gasteiger partial charge in [-0.2, -0.15) is 4.31 Å². The van der Waals surface area contributed by atoms with Crippen LogP contribution in [0, 0.1) is 11.8 Å². The summed E-state index contributed by atoms with van der Waals surface area (Å²) in [5.74, 6) is 1.07. The molecule has 0 unspecified atom stereocenters. The summed E-state index contributed by atoms with van der Waals surface area (Å²) in [7, 11) is -3.37. The third kappa shape index (κ3) is 5.35. The maximum absolute atomic E-state index is 12.6. The third-order valence-corrected chi connectivity index (χ3v) is 8.19. The molecule has 5 nitrogen and oxygen atoms in total. The van der Waals surface area contributed by atoms with E-state index in [4.69, 9.17) is 0 Å². The Morgan fingerprint density at radius 2 is 1.71 bits per heavy atom. The topological polar surface area (TPSA) is 66.5 Å². The van der Waals surface area contributed by atoms with E-state index in [0.717, 1.165) is 37.2 Å². The fourth-order valence-corrected chi connectivity index (χ4v) is 5.91. The maximum atomic E-state index is 12.6. The van der Waals surface area contributed by atoms with Crippen LogP contribution in [0.25, 0.3) is 0 Å². The first-order valence-corrected chi connectivity index (χ1v) is 12.3. The summed E-state index contributed by atoms with van der Waals surface area (Å²) in [5, 5.41) is 3.04. The lowest BCUT2D eigenvalue weighted by Crippen LogP contribution is -2.32. The first kappa shape index (κ1) is 21.3. The molecule has 3 rings (SSSR count). The highest BCUT2D eigenvalue weighted by Crippen LogP contribution is 2.32. The number of hydrogen-bond donors (Lipinski definition) is 1. The summed E-state index contributed by atoms with van der Waals surface area (Å²) in [4.78, 5) is 12.8. The minimum absolute atomic E-state index is 0.132. The van der Waals surface area contributed by atoms with Crippen molar-refractivity contribution in [2.45, 2.75) is 76.2 Å². The predicted octanol–water partition coefficient (Wildman–Crippen LogP) is 4.08. The molecule has 6 heteroatoms. The van der Waals surface area contributed by atoms with E-state index in [1.807, 2.05) is 12.1 Å². The zero-order valence-electron chi connectivity index (χ0n) is 17.0. The van der Waals surface area contributed by atoms with Gasteiger partial charge in [0.25, 0.3) is 0 Å². The van der Waals surface area contributed by atoms with E-state index in [1.165, 1.54) is 32.1 Å². The van der Waals surface area contributed by atoms with Crippen LogP contribution in [0.5, 0.6) is 0 Å². The van der Waals surface area contributed by atoms with Crippen LogP contribution in [0.3, 0.4) is 0 Å². The van der Waals surface area contributed by atoms with Gasteiger partial charge in [-0.3, -0.25) is 4.79 Å². The molecule has 0 spiro atoms. The Kier molecular flexibility index (Phi) is 7.52. The lowest BCUT2D eigenvalue weighted by molar-refractivity contribution is -0.126. The molecule has 1 amide bonds. The minimum atomic E-state index is -3.37. The second-order valence-corrected chi connectivity index (χ2v) is 10.3. The quantitative estimate of drug-likeness (QED) is 0.707. The van der Waals surface area contributed by atoms with Gasteiger partial charge in [0.15, 0.2) is 0 Å². The molecule has 2 aliphatic rings. The number of nitrogens with zero attached hydrogens (tertiary/aromatic N) is 1. The first-order chi connectivity index (χ1) is 13.5. The number of sulfonamides is 1. The molecule has 0 aromatic heterocycles. The van der Waals surface area contributed by atoms with Crippen molar-refractivity contribution >= 4 is 15.9 Å². The van der Waals surface area contributed by atoms with Crippen LogP contribution in [0.1, 0.15) is 70.3 Å². The average molecular weight is 407 g/mol. The molecule has 156 valence electrons. The van der Waals surface area contributed by atoms with Crippen molar-refractivity contribution in [2.75, 3.05) is 13.1 Å². The Morgan fingerprint density at radius 3 is 2.32 bits per heavy atom. The van der Waals surface area contributed by atoms with E-state index >= 15 is 0 Å². The van der Waals surface area contributed by atoms with E-state index in [2.05, 4.69) is 12.2 Å². The van der Waals surface area contributed by atoms with Crippen molar-refractivity contribution in [3.63, 3.8) is 0 Å². The Balaban J connectivity index is 1.47. The smallest absolute Gasteiger partial charge is 0.243 e. The van der Waals surface area contributed by atoms with Crippen LogP contribution in [0.15, 0.2) is 29.2 Å². The molecule has 1 heterocycles. The van der Waals surface area contributed by atoms with E-state index in [-0.39, 0.29) is 11.8 Å². The van der Waals surface area contributed by atoms with Gasteiger partial charge in [-0.15, -0.1) is 0 Å². The summed E-state index contributed by atoms with van der Waals surface area (Å²) in [6.45, 7) is 3.91. The lowest BCUT2D eigenvalue weighted by Gasteiger charge is -2.27. The second kappa shape index (κ2) is 9.88. The Bertz CT molecular complexity index is 732. The Morgan fingerprint density at radius 1 is 1.07 bits per heavy atom. The van der Waals surface area contributed by atoms with Crippen LogP contribution in [-0.4, -0.2) is 31.7 Å². The molecule has 1 aromatic carbocycles. The van der Waals surface area contributed by atoms with E-state index < -0.39 is 10.0 Å². The average Bonchev–Trinajstić information content (AvgIpc) is 3.27. The van der Waals surface area contributed by atoms with E-state index in [0.29, 0.717) is 24.5 Å². The monoisotopic (exact) mass is 406 g/mol. The molecule has 0 atom stereocenters. The van der Waals surface area contributed by atoms with Crippen molar-refractivity contribution in [3.8, 4) is 0 Å². The van der Waals surface area contributed by atoms with Crippen LogP contribution in [0.4, 0.5) is 0 Å². The standard InChI is InChI=1S/C22H34N2O3S/c1-2-3-6-18-7-11-20(12-8-18)22(25)23-17-19-9-13-21(14-10-19)28(26,27)24-15-4-5-16-24/h9-10,13-14,18,20H,2-8,11-12,15-17H2,1H3,(H,23,25). The fraction of sp³-hybridized carbons (Fsp3) is 0.682. The van der Waals surface area contributed by atoms with Gasteiger partial charge < -0.3 is 5.32 Å². The molecule has 2 fully saturated rings. The normalized spacial score (nSPS) is 23.6. The lowest BCUT2D eigenvalue weighted by atomic mass is 9.79. The van der Waals surface area contributed by atoms with Gasteiger partial charge in [-0.25, -0.2) is 8.42 Å². The molecule has 0 radical (unpaired) electrons. The molecule has 1 aromatic rings. The largest absolute Gasteiger partial charge is 0.352 e. The van der Waals surface area contributed by atoms with Gasteiger partial charge in [-0.1, -0.05) is 38.3 Å². The number of benzene rings is 1. The molecule has 1 saturated heterocycles. The summed E-state index contributed by atoms with van der Waals surface area (Å²) in [6, 6.07) is 6.94. The van der Waals surface area contributed by atoms with Gasteiger partial charge in [0.1, 0.15) is 0 Å². The van der Waals surface area contributed by atoms with E-state index in [1.54, 1.807) is 16.4 Å². The SMILES string of the molecule is CCCCC1CCC(C(=O)NCc2ccc(S(=O)(=O)N3CCCC3)cc2)CC1. The third-order valence-electron chi connectivity index (χ3n) is 6.28. The molecular weight excluding hydrogens is 372 g/mol. The van der Waals surface area contributed by atoms with Crippen molar-refractivity contribution < 1.29 is 13.2 Å². The zero-order valence-corrected chi connectivity index (χ0v) is 17.8. The van der Waals surface area contributed by atoms with Gasteiger partial charge in [-0.05, 0) is 62.1 Å². The fourth-order valence-electron chi connectivity index (χ4n) is 4.40. The number of rotatable bonds is 8. The van der Waals surface area contributed by atoms with Crippen LogP contribution < -0.4 is 5.32 Å². The van der Waals surface area contributed by atoms with Gasteiger partial charge >= 0.3 is 0 Å². The number of carbonyl (C=O) groups is 1. The maximum Gasteiger partial charge on any atom is 0.243 e. The molecule has 1 aliphatic heterocycles. The number of unbranched alkanes of at least 4 members (excludes halogenated alkanes) is 1. The number of hydrogen-bond acceptors (Lipinski definition) is 3.